The predicted octanol–water partition coefficient (Wildman–Crippen LogP) is 4.22. The largest absolute Gasteiger partial charge is 0.468 e. The Kier molecular flexibility index (Phi) is 6.36. The van der Waals surface area contributed by atoms with Gasteiger partial charge in [-0.3, -0.25) is 5.32 Å². The Morgan fingerprint density at radius 3 is 2.32 bits per heavy atom. The molecule has 0 amide bonds. The Labute approximate surface area is 144 Å². The average molecular weight is 349 g/mol. The molecule has 6 heteroatoms. The Hall–Kier alpha value is -2.60. The molecule has 0 aliphatic rings. The van der Waals surface area contributed by atoms with Crippen molar-refractivity contribution in [3.05, 3.63) is 77.4 Å². The van der Waals surface area contributed by atoms with Crippen molar-refractivity contribution >= 4 is 12.0 Å². The monoisotopic (exact) mass is 349 g/mol. The Morgan fingerprint density at radius 2 is 1.76 bits per heavy atom. The molecule has 0 radical (unpaired) electrons. The first kappa shape index (κ1) is 18.7. The van der Waals surface area contributed by atoms with E-state index in [1.807, 2.05) is 42.5 Å². The molecule has 25 heavy (non-hydrogen) atoms. The van der Waals surface area contributed by atoms with Crippen molar-refractivity contribution in [1.82, 2.24) is 5.32 Å². The number of benzene rings is 2. The number of hydrogen-bond acceptors (Lipinski definition) is 3. The summed E-state index contributed by atoms with van der Waals surface area (Å²) < 4.78 is 42.6. The Bertz CT molecular complexity index is 710. The highest BCUT2D eigenvalue weighted by Crippen LogP contribution is 2.30. The maximum atomic E-state index is 12.6. The second-order valence-electron chi connectivity index (χ2n) is 5.30. The standard InChI is InChI=1S/C19H18F3NO2/c1-25-18(24)17(15-9-11-16(12-10-15)19(20,21)22)23-13-5-8-14-6-3-2-4-7-14/h2-12,17,23H,13H2,1H3/b8-5+/t17-/m1/s1. The van der Waals surface area contributed by atoms with Crippen molar-refractivity contribution in [2.45, 2.75) is 12.2 Å². The zero-order valence-corrected chi connectivity index (χ0v) is 13.6. The fraction of sp³-hybridized carbons (Fsp3) is 0.211. The molecule has 132 valence electrons. The number of esters is 1. The van der Waals surface area contributed by atoms with Crippen LogP contribution in [-0.2, 0) is 15.7 Å². The maximum absolute atomic E-state index is 12.6. The van der Waals surface area contributed by atoms with Crippen molar-refractivity contribution in [2.24, 2.45) is 0 Å². The minimum absolute atomic E-state index is 0.357. The van der Waals surface area contributed by atoms with Crippen LogP contribution in [0.15, 0.2) is 60.7 Å². The second kappa shape index (κ2) is 8.48. The van der Waals surface area contributed by atoms with Gasteiger partial charge in [0.1, 0.15) is 6.04 Å². The summed E-state index contributed by atoms with van der Waals surface area (Å²) in [6, 6.07) is 13.2. The van der Waals surface area contributed by atoms with Crippen molar-refractivity contribution in [3.63, 3.8) is 0 Å². The first-order chi connectivity index (χ1) is 11.9. The third-order valence-electron chi connectivity index (χ3n) is 3.56. The van der Waals surface area contributed by atoms with E-state index >= 15 is 0 Å². The minimum Gasteiger partial charge on any atom is -0.468 e. The molecular formula is C19H18F3NO2. The lowest BCUT2D eigenvalue weighted by Gasteiger charge is -2.16. The molecule has 3 nitrogen and oxygen atoms in total. The third-order valence-corrected chi connectivity index (χ3v) is 3.56. The van der Waals surface area contributed by atoms with Crippen molar-refractivity contribution in [1.29, 1.82) is 0 Å². The number of ether oxygens (including phenoxy) is 1. The van der Waals surface area contributed by atoms with Crippen LogP contribution in [0.4, 0.5) is 13.2 Å². The van der Waals surface area contributed by atoms with E-state index < -0.39 is 23.8 Å². The van der Waals surface area contributed by atoms with E-state index in [9.17, 15) is 18.0 Å². The molecule has 0 bridgehead atoms. The fourth-order valence-electron chi connectivity index (χ4n) is 2.26. The molecule has 0 unspecified atom stereocenters. The van der Waals surface area contributed by atoms with Crippen LogP contribution in [0.5, 0.6) is 0 Å². The average Bonchev–Trinajstić information content (AvgIpc) is 2.61. The van der Waals surface area contributed by atoms with Gasteiger partial charge < -0.3 is 4.74 Å². The zero-order chi connectivity index (χ0) is 18.3. The van der Waals surface area contributed by atoms with Gasteiger partial charge in [-0.1, -0.05) is 54.6 Å². The lowest BCUT2D eigenvalue weighted by molar-refractivity contribution is -0.143. The lowest BCUT2D eigenvalue weighted by atomic mass is 10.0. The van der Waals surface area contributed by atoms with Gasteiger partial charge in [-0.2, -0.15) is 13.2 Å². The van der Waals surface area contributed by atoms with Crippen LogP contribution in [0.25, 0.3) is 6.08 Å². The molecular weight excluding hydrogens is 331 g/mol. The van der Waals surface area contributed by atoms with Crippen LogP contribution < -0.4 is 5.32 Å². The predicted molar refractivity (Wildman–Crippen MR) is 89.7 cm³/mol. The normalized spacial score (nSPS) is 13.0. The van der Waals surface area contributed by atoms with Gasteiger partial charge in [0.25, 0.3) is 0 Å². The van der Waals surface area contributed by atoms with Gasteiger partial charge in [0.15, 0.2) is 0 Å². The van der Waals surface area contributed by atoms with Crippen molar-refractivity contribution in [2.75, 3.05) is 13.7 Å². The molecule has 0 aromatic heterocycles. The maximum Gasteiger partial charge on any atom is 0.416 e. The number of carbonyl (C=O) groups is 1. The number of methoxy groups -OCH3 is 1. The smallest absolute Gasteiger partial charge is 0.416 e. The molecule has 1 N–H and O–H groups in total. The van der Waals surface area contributed by atoms with E-state index in [0.717, 1.165) is 17.7 Å². The molecule has 0 fully saturated rings. The van der Waals surface area contributed by atoms with E-state index in [4.69, 9.17) is 4.74 Å². The van der Waals surface area contributed by atoms with E-state index in [1.54, 1.807) is 0 Å². The van der Waals surface area contributed by atoms with E-state index in [2.05, 4.69) is 5.32 Å². The van der Waals surface area contributed by atoms with Gasteiger partial charge in [-0.25, -0.2) is 4.79 Å². The second-order valence-corrected chi connectivity index (χ2v) is 5.30. The van der Waals surface area contributed by atoms with Gasteiger partial charge in [0.2, 0.25) is 0 Å². The number of rotatable bonds is 6. The molecule has 1 atom stereocenters. The number of nitrogens with one attached hydrogen (secondary N) is 1. The number of halogens is 3. The summed E-state index contributed by atoms with van der Waals surface area (Å²) in [4.78, 5) is 11.9. The quantitative estimate of drug-likeness (QED) is 0.794. The van der Waals surface area contributed by atoms with E-state index in [1.165, 1.54) is 19.2 Å². The minimum atomic E-state index is -4.41. The molecule has 2 rings (SSSR count). The van der Waals surface area contributed by atoms with Gasteiger partial charge >= 0.3 is 12.1 Å². The topological polar surface area (TPSA) is 38.3 Å². The number of alkyl halides is 3. The molecule has 0 aliphatic heterocycles. The summed E-state index contributed by atoms with van der Waals surface area (Å²) in [5.74, 6) is -0.562. The fourth-order valence-corrected chi connectivity index (χ4v) is 2.26. The van der Waals surface area contributed by atoms with E-state index in [0.29, 0.717) is 12.1 Å². The highest BCUT2D eigenvalue weighted by atomic mass is 19.4. The Balaban J connectivity index is 2.06. The van der Waals surface area contributed by atoms with Crippen molar-refractivity contribution < 1.29 is 22.7 Å². The van der Waals surface area contributed by atoms with Gasteiger partial charge in [-0.05, 0) is 23.3 Å². The summed E-state index contributed by atoms with van der Waals surface area (Å²) in [6.07, 6.45) is -0.700. The van der Waals surface area contributed by atoms with Crippen LogP contribution in [-0.4, -0.2) is 19.6 Å². The molecule has 0 saturated heterocycles. The summed E-state index contributed by atoms with van der Waals surface area (Å²) in [5.41, 5.74) is 0.658. The molecule has 2 aromatic carbocycles. The van der Waals surface area contributed by atoms with Gasteiger partial charge in [0.05, 0.1) is 12.7 Å². The first-order valence-corrected chi connectivity index (χ1v) is 7.62. The highest BCUT2D eigenvalue weighted by Gasteiger charge is 2.30. The molecule has 0 aliphatic carbocycles. The summed E-state index contributed by atoms with van der Waals surface area (Å²) in [6.45, 7) is 0.357. The third kappa shape index (κ3) is 5.46. The summed E-state index contributed by atoms with van der Waals surface area (Å²) in [7, 11) is 1.24. The SMILES string of the molecule is COC(=O)[C@H](NC/C=C/c1ccccc1)c1ccc(C(F)(F)F)cc1. The van der Waals surface area contributed by atoms with Gasteiger partial charge in [-0.15, -0.1) is 0 Å². The van der Waals surface area contributed by atoms with Crippen LogP contribution >= 0.6 is 0 Å². The van der Waals surface area contributed by atoms with Gasteiger partial charge in [0, 0.05) is 6.54 Å². The number of hydrogen-bond donors (Lipinski definition) is 1. The van der Waals surface area contributed by atoms with Crippen LogP contribution in [0.2, 0.25) is 0 Å². The molecule has 0 spiro atoms. The summed E-state index contributed by atoms with van der Waals surface area (Å²) >= 11 is 0. The molecule has 0 heterocycles. The van der Waals surface area contributed by atoms with E-state index in [-0.39, 0.29) is 0 Å². The Morgan fingerprint density at radius 1 is 1.12 bits per heavy atom. The molecule has 2 aromatic rings. The highest BCUT2D eigenvalue weighted by molar-refractivity contribution is 5.77. The van der Waals surface area contributed by atoms with Crippen LogP contribution in [0.1, 0.15) is 22.7 Å². The van der Waals surface area contributed by atoms with Crippen LogP contribution in [0.3, 0.4) is 0 Å². The lowest BCUT2D eigenvalue weighted by Crippen LogP contribution is -2.29. The first-order valence-electron chi connectivity index (χ1n) is 7.62. The zero-order valence-electron chi connectivity index (χ0n) is 13.6. The van der Waals surface area contributed by atoms with Crippen molar-refractivity contribution in [3.8, 4) is 0 Å². The number of carbonyl (C=O) groups excluding carboxylic acids is 1. The van der Waals surface area contributed by atoms with Crippen LogP contribution in [0, 0.1) is 0 Å². The summed E-state index contributed by atoms with van der Waals surface area (Å²) in [5, 5.41) is 2.97. The molecule has 0 saturated carbocycles.